The third-order valence-corrected chi connectivity index (χ3v) is 5.45. The smallest absolute Gasteiger partial charge is 0.422 e. The minimum atomic E-state index is -0.831. The molecule has 12 heteroatoms. The molecule has 1 amide bonds. The lowest BCUT2D eigenvalue weighted by molar-refractivity contribution is 0.0597. The fourth-order valence-electron chi connectivity index (χ4n) is 3.64. The molecular weight excluding hydrogens is 519 g/mol. The lowest BCUT2D eigenvalue weighted by Gasteiger charge is -2.25. The van der Waals surface area contributed by atoms with Crippen LogP contribution in [0.4, 0.5) is 20.8 Å². The van der Waals surface area contributed by atoms with Gasteiger partial charge in [0, 0.05) is 6.07 Å². The molecule has 11 nitrogen and oxygen atoms in total. The van der Waals surface area contributed by atoms with Crippen LogP contribution in [0.1, 0.15) is 32.0 Å². The number of carbonyl (C=O) groups excluding carboxylic acids is 1. The number of benzene rings is 2. The zero-order valence-electron chi connectivity index (χ0n) is 22.6. The van der Waals surface area contributed by atoms with Crippen LogP contribution in [0.2, 0.25) is 0 Å². The lowest BCUT2D eigenvalue weighted by atomic mass is 10.1. The number of aromatic amines is 1. The molecule has 2 aromatic heterocycles. The van der Waals surface area contributed by atoms with Crippen molar-refractivity contribution >= 4 is 17.7 Å². The van der Waals surface area contributed by atoms with E-state index in [2.05, 4.69) is 20.2 Å². The van der Waals surface area contributed by atoms with Crippen LogP contribution in [0.5, 0.6) is 17.2 Å². The number of nitrogens with zero attached hydrogens (tertiary/aromatic N) is 5. The number of anilines is 2. The molecule has 0 unspecified atom stereocenters. The van der Waals surface area contributed by atoms with Crippen LogP contribution in [0.25, 0.3) is 11.3 Å². The minimum absolute atomic E-state index is 0.0624. The zero-order valence-corrected chi connectivity index (χ0v) is 22.6. The van der Waals surface area contributed by atoms with Crippen LogP contribution in [-0.2, 0) is 11.3 Å². The van der Waals surface area contributed by atoms with E-state index in [4.69, 9.17) is 24.2 Å². The van der Waals surface area contributed by atoms with Gasteiger partial charge in [0.2, 0.25) is 0 Å². The van der Waals surface area contributed by atoms with Crippen molar-refractivity contribution in [2.45, 2.75) is 33.0 Å². The van der Waals surface area contributed by atoms with E-state index in [-0.39, 0.29) is 35.2 Å². The fraction of sp³-hybridized carbons (Fsp3) is 0.250. The number of carbonyl (C=O) groups is 1. The van der Waals surface area contributed by atoms with E-state index in [1.807, 2.05) is 18.2 Å². The molecule has 2 aromatic carbocycles. The average molecular weight is 547 g/mol. The summed E-state index contributed by atoms with van der Waals surface area (Å²) in [6.45, 7) is 5.21. The summed E-state index contributed by atoms with van der Waals surface area (Å²) >= 11 is 0. The van der Waals surface area contributed by atoms with E-state index in [0.717, 1.165) is 10.5 Å². The SMILES string of the molecule is COc1ccc(COc2c(F)ccc(OC)c2-c2cc(N(C(=O)OC(C)(C)C)c3cnc(C#N)cn3)n[nH]2)cc1. The number of hydrogen-bond acceptors (Lipinski definition) is 9. The summed E-state index contributed by atoms with van der Waals surface area (Å²) in [5.41, 5.74) is 0.576. The number of rotatable bonds is 8. The van der Waals surface area contributed by atoms with Crippen LogP contribution in [0, 0.1) is 17.1 Å². The third kappa shape index (κ3) is 6.27. The molecule has 0 aliphatic carbocycles. The Morgan fingerprint density at radius 1 is 1.05 bits per heavy atom. The van der Waals surface area contributed by atoms with Crippen LogP contribution >= 0.6 is 0 Å². The van der Waals surface area contributed by atoms with Crippen molar-refractivity contribution in [3.8, 4) is 34.6 Å². The van der Waals surface area contributed by atoms with Crippen molar-refractivity contribution in [1.82, 2.24) is 20.2 Å². The van der Waals surface area contributed by atoms with Gasteiger partial charge < -0.3 is 18.9 Å². The summed E-state index contributed by atoms with van der Waals surface area (Å²) in [4.78, 5) is 22.5. The number of ether oxygens (including phenoxy) is 4. The number of nitriles is 1. The Bertz CT molecular complexity index is 1530. The Labute approximate surface area is 230 Å². The average Bonchev–Trinajstić information content (AvgIpc) is 3.41. The zero-order chi connectivity index (χ0) is 28.9. The number of nitrogens with one attached hydrogen (secondary N) is 1. The van der Waals surface area contributed by atoms with Crippen molar-refractivity contribution in [2.75, 3.05) is 19.1 Å². The quantitative estimate of drug-likeness (QED) is 0.302. The van der Waals surface area contributed by atoms with Gasteiger partial charge in [-0.3, -0.25) is 5.10 Å². The molecule has 0 bridgehead atoms. The Morgan fingerprint density at radius 3 is 2.40 bits per heavy atom. The van der Waals surface area contributed by atoms with Gasteiger partial charge in [0.05, 0.1) is 37.9 Å². The van der Waals surface area contributed by atoms with Gasteiger partial charge in [-0.1, -0.05) is 12.1 Å². The number of aromatic nitrogens is 4. The van der Waals surface area contributed by atoms with Gasteiger partial charge in [-0.05, 0) is 50.6 Å². The van der Waals surface area contributed by atoms with E-state index in [1.54, 1.807) is 40.0 Å². The first-order valence-corrected chi connectivity index (χ1v) is 12.1. The first-order valence-electron chi connectivity index (χ1n) is 12.1. The van der Waals surface area contributed by atoms with Crippen molar-refractivity contribution in [1.29, 1.82) is 5.26 Å². The molecule has 206 valence electrons. The van der Waals surface area contributed by atoms with Crippen LogP contribution in [-0.4, -0.2) is 46.1 Å². The maximum Gasteiger partial charge on any atom is 0.422 e. The summed E-state index contributed by atoms with van der Waals surface area (Å²) in [7, 11) is 3.01. The predicted octanol–water partition coefficient (Wildman–Crippen LogP) is 5.55. The third-order valence-electron chi connectivity index (χ3n) is 5.45. The number of amides is 1. The normalized spacial score (nSPS) is 10.9. The van der Waals surface area contributed by atoms with E-state index >= 15 is 4.39 Å². The highest BCUT2D eigenvalue weighted by Crippen LogP contribution is 2.41. The molecule has 0 radical (unpaired) electrons. The van der Waals surface area contributed by atoms with E-state index < -0.39 is 17.5 Å². The summed E-state index contributed by atoms with van der Waals surface area (Å²) in [6.07, 6.45) is 1.69. The number of H-pyrrole nitrogens is 1. The fourth-order valence-corrected chi connectivity index (χ4v) is 3.64. The van der Waals surface area contributed by atoms with Gasteiger partial charge in [0.1, 0.15) is 29.8 Å². The van der Waals surface area contributed by atoms with Crippen LogP contribution in [0.15, 0.2) is 54.9 Å². The first-order chi connectivity index (χ1) is 19.1. The second kappa shape index (κ2) is 11.7. The summed E-state index contributed by atoms with van der Waals surface area (Å²) in [5.74, 6) is 0.436. The topological polar surface area (TPSA) is 135 Å². The Kier molecular flexibility index (Phi) is 8.14. The predicted molar refractivity (Wildman–Crippen MR) is 143 cm³/mol. The largest absolute Gasteiger partial charge is 0.497 e. The maximum absolute atomic E-state index is 15.1. The van der Waals surface area contributed by atoms with Crippen LogP contribution < -0.4 is 19.1 Å². The van der Waals surface area contributed by atoms with E-state index in [9.17, 15) is 4.79 Å². The number of methoxy groups -OCH3 is 2. The van der Waals surface area contributed by atoms with Crippen molar-refractivity contribution < 1.29 is 28.1 Å². The second-order valence-electron chi connectivity index (χ2n) is 9.42. The monoisotopic (exact) mass is 546 g/mol. The second-order valence-corrected chi connectivity index (χ2v) is 9.42. The summed E-state index contributed by atoms with van der Waals surface area (Å²) < 4.78 is 37.3. The van der Waals surface area contributed by atoms with Gasteiger partial charge in [-0.15, -0.1) is 0 Å². The standard InChI is InChI=1S/C28H27FN6O5/c1-28(2,3)40-27(36)35(24-15-31-18(13-30)14-32-24)23-12-21(33-34-23)25-22(38-5)11-10-20(29)26(25)39-16-17-6-8-19(37-4)9-7-17/h6-12,14-15H,16H2,1-5H3,(H,33,34). The van der Waals surface area contributed by atoms with Gasteiger partial charge in [-0.2, -0.15) is 10.4 Å². The van der Waals surface area contributed by atoms with Gasteiger partial charge in [0.15, 0.2) is 28.9 Å². The molecule has 40 heavy (non-hydrogen) atoms. The highest BCUT2D eigenvalue weighted by Gasteiger charge is 2.29. The van der Waals surface area contributed by atoms with Crippen molar-refractivity contribution in [3.05, 3.63) is 71.9 Å². The number of halogens is 1. The highest BCUT2D eigenvalue weighted by atomic mass is 19.1. The molecule has 2 heterocycles. The molecule has 0 aliphatic heterocycles. The lowest BCUT2D eigenvalue weighted by Crippen LogP contribution is -2.34. The number of hydrogen-bond donors (Lipinski definition) is 1. The molecular formula is C28H27FN6O5. The highest BCUT2D eigenvalue weighted by molar-refractivity contribution is 5.94. The van der Waals surface area contributed by atoms with E-state index in [0.29, 0.717) is 17.2 Å². The molecule has 4 rings (SSSR count). The van der Waals surface area contributed by atoms with Crippen molar-refractivity contribution in [2.24, 2.45) is 0 Å². The molecule has 0 spiro atoms. The van der Waals surface area contributed by atoms with Gasteiger partial charge >= 0.3 is 6.09 Å². The summed E-state index contributed by atoms with van der Waals surface area (Å²) in [6, 6.07) is 13.3. The van der Waals surface area contributed by atoms with Crippen LogP contribution in [0.3, 0.4) is 0 Å². The maximum atomic E-state index is 15.1. The van der Waals surface area contributed by atoms with Gasteiger partial charge in [-0.25, -0.2) is 24.1 Å². The summed E-state index contributed by atoms with van der Waals surface area (Å²) in [5, 5.41) is 16.2. The van der Waals surface area contributed by atoms with E-state index in [1.165, 1.54) is 37.7 Å². The molecule has 1 N–H and O–H groups in total. The molecule has 4 aromatic rings. The Morgan fingerprint density at radius 2 is 1.80 bits per heavy atom. The Hall–Kier alpha value is -5.18. The molecule has 0 saturated heterocycles. The first kappa shape index (κ1) is 27.8. The molecule has 0 saturated carbocycles. The van der Waals surface area contributed by atoms with Gasteiger partial charge in [0.25, 0.3) is 0 Å². The molecule has 0 aliphatic rings. The minimum Gasteiger partial charge on any atom is -0.497 e. The molecule has 0 fully saturated rings. The Balaban J connectivity index is 1.74. The molecule has 0 atom stereocenters. The van der Waals surface area contributed by atoms with Crippen molar-refractivity contribution in [3.63, 3.8) is 0 Å².